The summed E-state index contributed by atoms with van der Waals surface area (Å²) in [6.07, 6.45) is 1.74. The van der Waals surface area contributed by atoms with Gasteiger partial charge in [0.15, 0.2) is 0 Å². The number of aromatic nitrogens is 3. The zero-order chi connectivity index (χ0) is 22.2. The van der Waals surface area contributed by atoms with Crippen LogP contribution in [-0.2, 0) is 13.1 Å². The predicted molar refractivity (Wildman–Crippen MR) is 117 cm³/mol. The first-order valence-corrected chi connectivity index (χ1v) is 10.3. The Morgan fingerprint density at radius 3 is 2.28 bits per heavy atom. The number of rotatable bonds is 3. The molecule has 0 bridgehead atoms. The number of nitrogens with zero attached hydrogens (tertiary/aromatic N) is 4. The average Bonchev–Trinajstić information content (AvgIpc) is 3.18. The van der Waals surface area contributed by atoms with Gasteiger partial charge in [-0.25, -0.2) is 8.78 Å². The average molecular weight is 430 g/mol. The van der Waals surface area contributed by atoms with Crippen LogP contribution in [0.2, 0.25) is 0 Å². The second kappa shape index (κ2) is 8.00. The fourth-order valence-electron chi connectivity index (χ4n) is 4.08. The summed E-state index contributed by atoms with van der Waals surface area (Å²) in [6, 6.07) is 15.7. The fourth-order valence-corrected chi connectivity index (χ4v) is 4.08. The third-order valence-electron chi connectivity index (χ3n) is 5.66. The molecule has 0 spiro atoms. The summed E-state index contributed by atoms with van der Waals surface area (Å²) in [4.78, 5) is 19.1. The maximum atomic E-state index is 13.5. The number of aryl methyl sites for hydroxylation is 1. The first-order valence-electron chi connectivity index (χ1n) is 10.3. The molecule has 0 fully saturated rings. The van der Waals surface area contributed by atoms with E-state index in [0.717, 1.165) is 33.8 Å². The van der Waals surface area contributed by atoms with Gasteiger partial charge in [0.05, 0.1) is 18.8 Å². The van der Waals surface area contributed by atoms with Crippen LogP contribution in [0, 0.1) is 18.6 Å². The maximum Gasteiger partial charge on any atom is 0.254 e. The second-order valence-electron chi connectivity index (χ2n) is 7.82. The maximum absolute atomic E-state index is 13.5. The number of amides is 1. The largest absolute Gasteiger partial charge is 0.331 e. The van der Waals surface area contributed by atoms with Gasteiger partial charge in [-0.1, -0.05) is 0 Å². The van der Waals surface area contributed by atoms with Crippen molar-refractivity contribution in [2.75, 3.05) is 6.54 Å². The molecule has 1 amide bonds. The van der Waals surface area contributed by atoms with E-state index < -0.39 is 0 Å². The number of carbonyl (C=O) groups is 1. The molecule has 0 unspecified atom stereocenters. The van der Waals surface area contributed by atoms with Gasteiger partial charge in [-0.15, -0.1) is 0 Å². The Morgan fingerprint density at radius 2 is 1.59 bits per heavy atom. The molecule has 160 valence electrons. The monoisotopic (exact) mass is 430 g/mol. The Balaban J connectivity index is 1.59. The van der Waals surface area contributed by atoms with Crippen molar-refractivity contribution in [3.63, 3.8) is 0 Å². The zero-order valence-corrected chi connectivity index (χ0v) is 17.4. The molecule has 2 aromatic carbocycles. The van der Waals surface area contributed by atoms with Crippen LogP contribution < -0.4 is 0 Å². The van der Waals surface area contributed by atoms with Gasteiger partial charge >= 0.3 is 0 Å². The SMILES string of the molecule is Cc1cc(-c2c(-c3ccc(F)cc3)nn3c2CN(C(=O)c2ccc(F)cc2)CC3)ccn1. The Hall–Kier alpha value is -3.87. The van der Waals surface area contributed by atoms with E-state index in [1.54, 1.807) is 23.2 Å². The summed E-state index contributed by atoms with van der Waals surface area (Å²) in [6.45, 7) is 3.30. The first kappa shape index (κ1) is 20.1. The van der Waals surface area contributed by atoms with E-state index in [1.165, 1.54) is 36.4 Å². The number of halogens is 2. The Labute approximate surface area is 184 Å². The lowest BCUT2D eigenvalue weighted by Crippen LogP contribution is -2.38. The predicted octanol–water partition coefficient (Wildman–Crippen LogP) is 4.85. The van der Waals surface area contributed by atoms with Gasteiger partial charge in [-0.3, -0.25) is 14.5 Å². The minimum Gasteiger partial charge on any atom is -0.331 e. The van der Waals surface area contributed by atoms with Crippen LogP contribution in [0.1, 0.15) is 21.7 Å². The van der Waals surface area contributed by atoms with Crippen LogP contribution >= 0.6 is 0 Å². The lowest BCUT2D eigenvalue weighted by molar-refractivity contribution is 0.0706. The van der Waals surface area contributed by atoms with Crippen LogP contribution in [0.3, 0.4) is 0 Å². The van der Waals surface area contributed by atoms with E-state index in [2.05, 4.69) is 4.98 Å². The molecule has 0 aliphatic carbocycles. The minimum atomic E-state index is -0.377. The third kappa shape index (κ3) is 3.66. The molecule has 5 nitrogen and oxygen atoms in total. The van der Waals surface area contributed by atoms with Gasteiger partial charge in [0.2, 0.25) is 0 Å². The van der Waals surface area contributed by atoms with Crippen LogP contribution in [0.4, 0.5) is 8.78 Å². The van der Waals surface area contributed by atoms with Gasteiger partial charge in [0, 0.05) is 35.1 Å². The van der Waals surface area contributed by atoms with Crippen molar-refractivity contribution in [1.82, 2.24) is 19.7 Å². The molecule has 7 heteroatoms. The highest BCUT2D eigenvalue weighted by molar-refractivity contribution is 5.94. The normalized spacial score (nSPS) is 13.2. The number of pyridine rings is 1. The molecule has 3 heterocycles. The van der Waals surface area contributed by atoms with Crippen molar-refractivity contribution in [3.05, 3.63) is 95.4 Å². The van der Waals surface area contributed by atoms with Crippen LogP contribution in [0.25, 0.3) is 22.4 Å². The van der Waals surface area contributed by atoms with Crippen molar-refractivity contribution in [2.24, 2.45) is 0 Å². The number of benzene rings is 2. The molecule has 0 saturated heterocycles. The molecule has 0 N–H and O–H groups in total. The fraction of sp³-hybridized carbons (Fsp3) is 0.160. The summed E-state index contributed by atoms with van der Waals surface area (Å²) in [5, 5.41) is 4.82. The highest BCUT2D eigenvalue weighted by Gasteiger charge is 2.28. The third-order valence-corrected chi connectivity index (χ3v) is 5.66. The molecule has 0 radical (unpaired) electrons. The van der Waals surface area contributed by atoms with E-state index in [1.807, 2.05) is 23.7 Å². The van der Waals surface area contributed by atoms with Crippen LogP contribution in [0.5, 0.6) is 0 Å². The zero-order valence-electron chi connectivity index (χ0n) is 17.4. The Morgan fingerprint density at radius 1 is 0.906 bits per heavy atom. The number of hydrogen-bond acceptors (Lipinski definition) is 3. The standard InChI is InChI=1S/C25H20F2N4O/c1-16-14-19(10-11-28-16)23-22-15-30(25(32)18-4-8-21(27)9-5-18)12-13-31(22)29-24(23)17-2-6-20(26)7-3-17/h2-11,14H,12-13,15H2,1H3. The molecule has 0 atom stereocenters. The minimum absolute atomic E-state index is 0.155. The number of fused-ring (bicyclic) bond motifs is 1. The van der Waals surface area contributed by atoms with E-state index >= 15 is 0 Å². The topological polar surface area (TPSA) is 51.0 Å². The summed E-state index contributed by atoms with van der Waals surface area (Å²) in [5.74, 6) is -0.842. The summed E-state index contributed by atoms with van der Waals surface area (Å²) >= 11 is 0. The molecule has 0 saturated carbocycles. The van der Waals surface area contributed by atoms with Crippen molar-refractivity contribution in [1.29, 1.82) is 0 Å². The number of hydrogen-bond donors (Lipinski definition) is 0. The van der Waals surface area contributed by atoms with E-state index in [-0.39, 0.29) is 17.5 Å². The molecule has 5 rings (SSSR count). The van der Waals surface area contributed by atoms with Crippen molar-refractivity contribution >= 4 is 5.91 Å². The first-order chi connectivity index (χ1) is 15.5. The summed E-state index contributed by atoms with van der Waals surface area (Å²) < 4.78 is 28.7. The number of carbonyl (C=O) groups excluding carboxylic acids is 1. The Bertz CT molecular complexity index is 1300. The molecular formula is C25H20F2N4O. The van der Waals surface area contributed by atoms with E-state index in [0.29, 0.717) is 25.2 Å². The van der Waals surface area contributed by atoms with Crippen molar-refractivity contribution in [3.8, 4) is 22.4 Å². The Kier molecular flexibility index (Phi) is 5.01. The quantitative estimate of drug-likeness (QED) is 0.467. The van der Waals surface area contributed by atoms with E-state index in [9.17, 15) is 13.6 Å². The molecule has 32 heavy (non-hydrogen) atoms. The van der Waals surface area contributed by atoms with Crippen molar-refractivity contribution in [2.45, 2.75) is 20.0 Å². The smallest absolute Gasteiger partial charge is 0.254 e. The summed E-state index contributed by atoms with van der Waals surface area (Å²) in [7, 11) is 0. The lowest BCUT2D eigenvalue weighted by Gasteiger charge is -2.28. The summed E-state index contributed by atoms with van der Waals surface area (Å²) in [5.41, 5.74) is 5.59. The molecule has 1 aliphatic heterocycles. The highest BCUT2D eigenvalue weighted by atomic mass is 19.1. The molecule has 1 aliphatic rings. The van der Waals surface area contributed by atoms with Crippen molar-refractivity contribution < 1.29 is 13.6 Å². The van der Waals surface area contributed by atoms with Gasteiger partial charge in [0.25, 0.3) is 5.91 Å². The van der Waals surface area contributed by atoms with Gasteiger partial charge < -0.3 is 4.90 Å². The molecule has 2 aromatic heterocycles. The second-order valence-corrected chi connectivity index (χ2v) is 7.82. The van der Waals surface area contributed by atoms with E-state index in [4.69, 9.17) is 5.10 Å². The van der Waals surface area contributed by atoms with Gasteiger partial charge in [-0.05, 0) is 73.2 Å². The van der Waals surface area contributed by atoms with Crippen LogP contribution in [-0.4, -0.2) is 32.1 Å². The van der Waals surface area contributed by atoms with Gasteiger partial charge in [0.1, 0.15) is 17.3 Å². The lowest BCUT2D eigenvalue weighted by atomic mass is 9.98. The highest BCUT2D eigenvalue weighted by Crippen LogP contribution is 2.37. The molecular weight excluding hydrogens is 410 g/mol. The van der Waals surface area contributed by atoms with Crippen LogP contribution in [0.15, 0.2) is 66.9 Å². The molecule has 4 aromatic rings. The van der Waals surface area contributed by atoms with Gasteiger partial charge in [-0.2, -0.15) is 5.10 Å².